The monoisotopic (exact) mass is 195 g/mol. The smallest absolute Gasteiger partial charge is 0.202 e. The average Bonchev–Trinajstić information content (AvgIpc) is 2.51. The van der Waals surface area contributed by atoms with Crippen LogP contribution in [0, 0.1) is 5.92 Å². The first-order valence-electron chi connectivity index (χ1n) is 5.41. The number of nitrogens with one attached hydrogen (secondary N) is 1. The van der Waals surface area contributed by atoms with Crippen molar-refractivity contribution >= 4 is 5.95 Å². The molecule has 1 aromatic rings. The maximum atomic E-state index is 4.20. The highest BCUT2D eigenvalue weighted by molar-refractivity contribution is 5.24. The lowest BCUT2D eigenvalue weighted by atomic mass is 10.1. The Morgan fingerprint density at radius 1 is 1.43 bits per heavy atom. The minimum atomic E-state index is 0.822. The molecule has 0 bridgehead atoms. The van der Waals surface area contributed by atoms with Crippen molar-refractivity contribution in [2.45, 2.75) is 33.1 Å². The lowest BCUT2D eigenvalue weighted by Gasteiger charge is -2.06. The summed E-state index contributed by atoms with van der Waals surface area (Å²) in [6.07, 6.45) is 7.62. The van der Waals surface area contributed by atoms with Gasteiger partial charge in [-0.25, -0.2) is 4.98 Å². The number of anilines is 1. The van der Waals surface area contributed by atoms with Crippen LogP contribution in [0.25, 0.3) is 0 Å². The van der Waals surface area contributed by atoms with E-state index in [-0.39, 0.29) is 0 Å². The van der Waals surface area contributed by atoms with E-state index in [2.05, 4.69) is 24.1 Å². The van der Waals surface area contributed by atoms with Gasteiger partial charge in [0, 0.05) is 26.0 Å². The first-order chi connectivity index (χ1) is 6.70. The molecule has 1 rings (SSSR count). The Bertz CT molecular complexity index is 253. The van der Waals surface area contributed by atoms with Crippen LogP contribution in [0.1, 0.15) is 33.1 Å². The molecule has 0 unspecified atom stereocenters. The van der Waals surface area contributed by atoms with Crippen molar-refractivity contribution in [1.82, 2.24) is 9.55 Å². The second kappa shape index (κ2) is 5.68. The number of aryl methyl sites for hydroxylation is 1. The van der Waals surface area contributed by atoms with Crippen molar-refractivity contribution in [2.75, 3.05) is 11.9 Å². The summed E-state index contributed by atoms with van der Waals surface area (Å²) in [5, 5.41) is 3.32. The van der Waals surface area contributed by atoms with Gasteiger partial charge in [0.2, 0.25) is 5.95 Å². The van der Waals surface area contributed by atoms with Crippen molar-refractivity contribution in [2.24, 2.45) is 13.0 Å². The van der Waals surface area contributed by atoms with Gasteiger partial charge < -0.3 is 9.88 Å². The summed E-state index contributed by atoms with van der Waals surface area (Å²) in [6.45, 7) is 5.57. The molecule has 80 valence electrons. The van der Waals surface area contributed by atoms with Gasteiger partial charge in [-0.15, -0.1) is 0 Å². The molecular weight excluding hydrogens is 174 g/mol. The number of hydrogen-bond acceptors (Lipinski definition) is 2. The van der Waals surface area contributed by atoms with Gasteiger partial charge in [0.25, 0.3) is 0 Å². The van der Waals surface area contributed by atoms with E-state index in [0.29, 0.717) is 0 Å². The van der Waals surface area contributed by atoms with E-state index in [1.807, 2.05) is 24.0 Å². The number of hydrogen-bond donors (Lipinski definition) is 1. The second-order valence-electron chi connectivity index (χ2n) is 4.18. The second-order valence-corrected chi connectivity index (χ2v) is 4.18. The van der Waals surface area contributed by atoms with E-state index in [4.69, 9.17) is 0 Å². The van der Waals surface area contributed by atoms with E-state index in [9.17, 15) is 0 Å². The lowest BCUT2D eigenvalue weighted by molar-refractivity contribution is 0.544. The fraction of sp³-hybridized carbons (Fsp3) is 0.727. The topological polar surface area (TPSA) is 29.9 Å². The van der Waals surface area contributed by atoms with Crippen molar-refractivity contribution in [3.8, 4) is 0 Å². The highest BCUT2D eigenvalue weighted by Gasteiger charge is 1.97. The molecule has 1 heterocycles. The van der Waals surface area contributed by atoms with Crippen molar-refractivity contribution in [3.63, 3.8) is 0 Å². The predicted molar refractivity (Wildman–Crippen MR) is 60.4 cm³/mol. The molecule has 0 radical (unpaired) electrons. The highest BCUT2D eigenvalue weighted by Crippen LogP contribution is 2.07. The largest absolute Gasteiger partial charge is 0.356 e. The molecule has 3 heteroatoms. The lowest BCUT2D eigenvalue weighted by Crippen LogP contribution is -2.06. The van der Waals surface area contributed by atoms with Gasteiger partial charge in [0.1, 0.15) is 0 Å². The molecule has 0 amide bonds. The number of nitrogens with zero attached hydrogens (tertiary/aromatic N) is 2. The molecule has 3 nitrogen and oxygen atoms in total. The van der Waals surface area contributed by atoms with Crippen molar-refractivity contribution < 1.29 is 0 Å². The molecule has 0 spiro atoms. The van der Waals surface area contributed by atoms with Crippen LogP contribution in [0.4, 0.5) is 5.95 Å². The highest BCUT2D eigenvalue weighted by atomic mass is 15.2. The molecule has 14 heavy (non-hydrogen) atoms. The Morgan fingerprint density at radius 2 is 2.21 bits per heavy atom. The van der Waals surface area contributed by atoms with Crippen LogP contribution < -0.4 is 5.32 Å². The minimum absolute atomic E-state index is 0.822. The molecule has 0 aliphatic rings. The van der Waals surface area contributed by atoms with Crippen molar-refractivity contribution in [1.29, 1.82) is 0 Å². The summed E-state index contributed by atoms with van der Waals surface area (Å²) in [5.41, 5.74) is 0. The third-order valence-corrected chi connectivity index (χ3v) is 2.31. The fourth-order valence-electron chi connectivity index (χ4n) is 1.41. The standard InChI is InChI=1S/C11H21N3/c1-10(2)6-4-5-7-12-11-13-8-9-14(11)3/h8-10H,4-7H2,1-3H3,(H,12,13). The summed E-state index contributed by atoms with van der Waals surface area (Å²) in [7, 11) is 2.00. The molecule has 0 fully saturated rings. The van der Waals surface area contributed by atoms with Gasteiger partial charge in [-0.05, 0) is 12.3 Å². The number of aromatic nitrogens is 2. The van der Waals surface area contributed by atoms with E-state index in [0.717, 1.165) is 18.4 Å². The molecule has 1 N–H and O–H groups in total. The van der Waals surface area contributed by atoms with Crippen LogP contribution in [0.5, 0.6) is 0 Å². The maximum absolute atomic E-state index is 4.20. The number of imidazole rings is 1. The van der Waals surface area contributed by atoms with Crippen LogP contribution in [0.3, 0.4) is 0 Å². The Labute approximate surface area is 86.5 Å². The molecule has 0 atom stereocenters. The zero-order valence-electron chi connectivity index (χ0n) is 9.45. The Morgan fingerprint density at radius 3 is 2.79 bits per heavy atom. The normalized spacial score (nSPS) is 10.9. The van der Waals surface area contributed by atoms with Gasteiger partial charge in [0.05, 0.1) is 0 Å². The zero-order valence-corrected chi connectivity index (χ0v) is 9.45. The maximum Gasteiger partial charge on any atom is 0.202 e. The van der Waals surface area contributed by atoms with Gasteiger partial charge in [0.15, 0.2) is 0 Å². The van der Waals surface area contributed by atoms with Gasteiger partial charge in [-0.3, -0.25) is 0 Å². The quantitative estimate of drug-likeness (QED) is 0.707. The zero-order chi connectivity index (χ0) is 10.4. The van der Waals surface area contributed by atoms with E-state index in [1.165, 1.54) is 19.3 Å². The molecule has 0 aliphatic heterocycles. The minimum Gasteiger partial charge on any atom is -0.356 e. The first-order valence-corrected chi connectivity index (χ1v) is 5.41. The summed E-state index contributed by atoms with van der Waals surface area (Å²) >= 11 is 0. The Hall–Kier alpha value is -0.990. The molecular formula is C11H21N3. The summed E-state index contributed by atoms with van der Waals surface area (Å²) in [5.74, 6) is 1.79. The number of rotatable bonds is 6. The van der Waals surface area contributed by atoms with Gasteiger partial charge in [-0.2, -0.15) is 0 Å². The fourth-order valence-corrected chi connectivity index (χ4v) is 1.41. The van der Waals surface area contributed by atoms with Gasteiger partial charge >= 0.3 is 0 Å². The van der Waals surface area contributed by atoms with Crippen LogP contribution in [-0.2, 0) is 7.05 Å². The molecule has 0 aromatic carbocycles. The Balaban J connectivity index is 2.08. The summed E-state index contributed by atoms with van der Waals surface area (Å²) in [4.78, 5) is 4.20. The van der Waals surface area contributed by atoms with Crippen LogP contribution in [-0.4, -0.2) is 16.1 Å². The van der Waals surface area contributed by atoms with Crippen LogP contribution in [0.2, 0.25) is 0 Å². The van der Waals surface area contributed by atoms with E-state index < -0.39 is 0 Å². The first kappa shape index (κ1) is 11.1. The average molecular weight is 195 g/mol. The number of unbranched alkanes of at least 4 members (excludes halogenated alkanes) is 1. The molecule has 0 saturated carbocycles. The summed E-state index contributed by atoms with van der Waals surface area (Å²) < 4.78 is 2.00. The predicted octanol–water partition coefficient (Wildman–Crippen LogP) is 2.66. The van der Waals surface area contributed by atoms with Gasteiger partial charge in [-0.1, -0.05) is 26.7 Å². The van der Waals surface area contributed by atoms with E-state index in [1.54, 1.807) is 0 Å². The SMILES string of the molecule is CC(C)CCCCNc1nccn1C. The molecule has 1 aromatic heterocycles. The van der Waals surface area contributed by atoms with Crippen molar-refractivity contribution in [3.05, 3.63) is 12.4 Å². The summed E-state index contributed by atoms with van der Waals surface area (Å²) in [6, 6.07) is 0. The van der Waals surface area contributed by atoms with Crippen LogP contribution >= 0.6 is 0 Å². The molecule has 0 saturated heterocycles. The molecule has 0 aliphatic carbocycles. The third-order valence-electron chi connectivity index (χ3n) is 2.31. The van der Waals surface area contributed by atoms with E-state index >= 15 is 0 Å². The third kappa shape index (κ3) is 3.81. The van der Waals surface area contributed by atoms with Crippen LogP contribution in [0.15, 0.2) is 12.4 Å². The Kier molecular flexibility index (Phi) is 4.50.